The van der Waals surface area contributed by atoms with Crippen LogP contribution < -0.4 is 0 Å². The molecule has 0 aromatic rings. The van der Waals surface area contributed by atoms with Crippen LogP contribution in [0.4, 0.5) is 0 Å². The van der Waals surface area contributed by atoms with Gasteiger partial charge in [-0.15, -0.1) is 0 Å². The Bertz CT molecular complexity index is 137. The molecule has 1 saturated heterocycles. The number of nitrogens with zero attached hydrogens (tertiary/aromatic N) is 2. The molecule has 1 rings (SSSR count). The van der Waals surface area contributed by atoms with E-state index in [1.165, 1.54) is 45.4 Å². The molecule has 1 fully saturated rings. The van der Waals surface area contributed by atoms with Crippen molar-refractivity contribution in [2.24, 2.45) is 0 Å². The van der Waals surface area contributed by atoms with Gasteiger partial charge in [-0.2, -0.15) is 0 Å². The number of rotatable bonds is 5. The summed E-state index contributed by atoms with van der Waals surface area (Å²) in [6.07, 6.45) is 6.20. The van der Waals surface area contributed by atoms with Gasteiger partial charge in [0.1, 0.15) is 0 Å². The molecule has 0 N–H and O–H groups in total. The lowest BCUT2D eigenvalue weighted by molar-refractivity contribution is 0.108. The van der Waals surface area contributed by atoms with Crippen molar-refractivity contribution in [3.05, 3.63) is 6.42 Å². The molecule has 0 spiro atoms. The maximum absolute atomic E-state index is 2.66. The third kappa shape index (κ3) is 3.58. The van der Waals surface area contributed by atoms with E-state index in [1.54, 1.807) is 0 Å². The van der Waals surface area contributed by atoms with Crippen molar-refractivity contribution in [3.63, 3.8) is 0 Å². The number of hydrogen-bond acceptors (Lipinski definition) is 2. The molecular weight excluding hydrogens is 172 g/mol. The van der Waals surface area contributed by atoms with Crippen LogP contribution in [0.1, 0.15) is 33.1 Å². The van der Waals surface area contributed by atoms with Gasteiger partial charge >= 0.3 is 0 Å². The van der Waals surface area contributed by atoms with Gasteiger partial charge in [-0.1, -0.05) is 20.3 Å². The van der Waals surface area contributed by atoms with E-state index < -0.39 is 0 Å². The number of unbranched alkanes of at least 4 members (excludes halogenated alkanes) is 1. The lowest BCUT2D eigenvalue weighted by Gasteiger charge is -2.37. The number of piperazine rings is 1. The fourth-order valence-electron chi connectivity index (χ4n) is 2.12. The normalized spacial score (nSPS) is 22.5. The van der Waals surface area contributed by atoms with E-state index in [4.69, 9.17) is 0 Å². The molecule has 2 heteroatoms. The zero-order valence-electron chi connectivity index (χ0n) is 10.00. The Morgan fingerprint density at radius 2 is 1.79 bits per heavy atom. The lowest BCUT2D eigenvalue weighted by Crippen LogP contribution is -2.48. The number of hydrogen-bond donors (Lipinski definition) is 0. The second-order valence-electron chi connectivity index (χ2n) is 4.33. The van der Waals surface area contributed by atoms with Crippen LogP contribution in [0.2, 0.25) is 0 Å². The molecule has 0 aliphatic carbocycles. The zero-order chi connectivity index (χ0) is 10.4. The molecule has 2 nitrogen and oxygen atoms in total. The maximum Gasteiger partial charge on any atom is 0.0113 e. The largest absolute Gasteiger partial charge is 0.304 e. The summed E-state index contributed by atoms with van der Waals surface area (Å²) in [7, 11) is 2.22. The summed E-state index contributed by atoms with van der Waals surface area (Å²) in [6.45, 7) is 9.54. The lowest BCUT2D eigenvalue weighted by atomic mass is 10.0. The van der Waals surface area contributed by atoms with Crippen LogP contribution >= 0.6 is 0 Å². The van der Waals surface area contributed by atoms with Gasteiger partial charge in [-0.3, -0.25) is 4.90 Å². The van der Waals surface area contributed by atoms with E-state index in [-0.39, 0.29) is 0 Å². The highest BCUT2D eigenvalue weighted by Crippen LogP contribution is 2.13. The van der Waals surface area contributed by atoms with E-state index in [0.717, 1.165) is 6.04 Å². The summed E-state index contributed by atoms with van der Waals surface area (Å²) in [5.41, 5.74) is 0. The van der Waals surface area contributed by atoms with E-state index in [0.29, 0.717) is 0 Å². The predicted molar refractivity (Wildman–Crippen MR) is 62.4 cm³/mol. The summed E-state index contributed by atoms with van der Waals surface area (Å²) in [5.74, 6) is 0. The first-order chi connectivity index (χ1) is 6.77. The molecule has 1 aliphatic rings. The first-order valence-electron chi connectivity index (χ1n) is 6.02. The second-order valence-corrected chi connectivity index (χ2v) is 4.33. The first-order valence-corrected chi connectivity index (χ1v) is 6.02. The Labute approximate surface area is 89.3 Å². The van der Waals surface area contributed by atoms with Gasteiger partial charge in [0.25, 0.3) is 0 Å². The van der Waals surface area contributed by atoms with Crippen LogP contribution in [0.3, 0.4) is 0 Å². The average Bonchev–Trinajstić information content (AvgIpc) is 2.21. The molecule has 1 radical (unpaired) electrons. The summed E-state index contributed by atoms with van der Waals surface area (Å²) in [6, 6.07) is 0.795. The molecule has 0 aromatic heterocycles. The predicted octanol–water partition coefficient (Wildman–Crippen LogP) is 2.02. The smallest absolute Gasteiger partial charge is 0.0113 e. The van der Waals surface area contributed by atoms with Gasteiger partial charge in [-0.25, -0.2) is 0 Å². The minimum absolute atomic E-state index is 0.795. The summed E-state index contributed by atoms with van der Waals surface area (Å²) in [5, 5.41) is 0. The standard InChI is InChI=1S/C12H25N2/c1-4-6-7-12(5-2)14-10-8-13(3)9-11-14/h6,12H,4-5,7-11H2,1-3H3. The van der Waals surface area contributed by atoms with E-state index in [2.05, 4.69) is 37.1 Å². The van der Waals surface area contributed by atoms with Gasteiger partial charge in [0.2, 0.25) is 0 Å². The van der Waals surface area contributed by atoms with Crippen molar-refractivity contribution in [2.45, 2.75) is 39.2 Å². The van der Waals surface area contributed by atoms with Crippen LogP contribution in [0.15, 0.2) is 0 Å². The maximum atomic E-state index is 2.66. The monoisotopic (exact) mass is 197 g/mol. The molecule has 1 aliphatic heterocycles. The molecule has 0 aromatic carbocycles. The molecule has 0 bridgehead atoms. The Kier molecular flexibility index (Phi) is 5.49. The van der Waals surface area contributed by atoms with Gasteiger partial charge in [0.05, 0.1) is 0 Å². The van der Waals surface area contributed by atoms with Crippen molar-refractivity contribution < 1.29 is 0 Å². The van der Waals surface area contributed by atoms with Crippen LogP contribution in [0.5, 0.6) is 0 Å². The van der Waals surface area contributed by atoms with Gasteiger partial charge < -0.3 is 4.90 Å². The highest BCUT2D eigenvalue weighted by Gasteiger charge is 2.20. The molecule has 1 atom stereocenters. The van der Waals surface area contributed by atoms with Crippen LogP contribution in [0, 0.1) is 6.42 Å². The Hall–Kier alpha value is -0.0800. The van der Waals surface area contributed by atoms with Gasteiger partial charge in [0, 0.05) is 32.2 Å². The Morgan fingerprint density at radius 3 is 2.29 bits per heavy atom. The SMILES string of the molecule is CC[CH]CC(CC)N1CCN(C)CC1. The van der Waals surface area contributed by atoms with Gasteiger partial charge in [0.15, 0.2) is 0 Å². The summed E-state index contributed by atoms with van der Waals surface area (Å²) >= 11 is 0. The molecule has 0 amide bonds. The van der Waals surface area contributed by atoms with Crippen molar-refractivity contribution >= 4 is 0 Å². The molecule has 83 valence electrons. The second kappa shape index (κ2) is 6.41. The van der Waals surface area contributed by atoms with Crippen LogP contribution in [0.25, 0.3) is 0 Å². The fourth-order valence-corrected chi connectivity index (χ4v) is 2.12. The van der Waals surface area contributed by atoms with Crippen LogP contribution in [-0.2, 0) is 0 Å². The zero-order valence-corrected chi connectivity index (χ0v) is 10.00. The van der Waals surface area contributed by atoms with E-state index in [1.807, 2.05) is 0 Å². The topological polar surface area (TPSA) is 6.48 Å². The Balaban J connectivity index is 2.29. The van der Waals surface area contributed by atoms with Crippen molar-refractivity contribution in [3.8, 4) is 0 Å². The Morgan fingerprint density at radius 1 is 1.14 bits per heavy atom. The highest BCUT2D eigenvalue weighted by atomic mass is 15.3. The van der Waals surface area contributed by atoms with E-state index in [9.17, 15) is 0 Å². The fraction of sp³-hybridized carbons (Fsp3) is 0.917. The van der Waals surface area contributed by atoms with E-state index >= 15 is 0 Å². The molecule has 14 heavy (non-hydrogen) atoms. The molecule has 1 heterocycles. The minimum atomic E-state index is 0.795. The van der Waals surface area contributed by atoms with Crippen molar-refractivity contribution in [1.82, 2.24) is 9.80 Å². The molecule has 0 saturated carbocycles. The van der Waals surface area contributed by atoms with Crippen molar-refractivity contribution in [2.75, 3.05) is 33.2 Å². The minimum Gasteiger partial charge on any atom is -0.304 e. The molecule has 1 unspecified atom stereocenters. The van der Waals surface area contributed by atoms with Gasteiger partial charge in [-0.05, 0) is 26.3 Å². The summed E-state index contributed by atoms with van der Waals surface area (Å²) < 4.78 is 0. The third-order valence-corrected chi connectivity index (χ3v) is 3.25. The quantitative estimate of drug-likeness (QED) is 0.665. The number of likely N-dealkylation sites (N-methyl/N-ethyl adjacent to an activating group) is 1. The molecular formula is C12H25N2. The van der Waals surface area contributed by atoms with Crippen molar-refractivity contribution in [1.29, 1.82) is 0 Å². The summed E-state index contributed by atoms with van der Waals surface area (Å²) in [4.78, 5) is 5.08. The third-order valence-electron chi connectivity index (χ3n) is 3.25. The highest BCUT2D eigenvalue weighted by molar-refractivity contribution is 4.80. The van der Waals surface area contributed by atoms with Crippen LogP contribution in [-0.4, -0.2) is 49.1 Å². The average molecular weight is 197 g/mol. The first kappa shape index (κ1) is 12.0.